The molecule has 2 heterocycles. The minimum Gasteiger partial charge on any atom is -0.467 e. The summed E-state index contributed by atoms with van der Waals surface area (Å²) in [5, 5.41) is 0. The second kappa shape index (κ2) is 8.24. The molecular formula is C19H20N2O5S. The first kappa shape index (κ1) is 18.9. The van der Waals surface area contributed by atoms with Crippen molar-refractivity contribution in [1.82, 2.24) is 9.62 Å². The second-order valence-electron chi connectivity index (χ2n) is 5.85. The SMILES string of the molecule is CCNS(=O)(=O)c1cccc(C(=O)N(Cc2ccco2)Cc2ccco2)c1. The summed E-state index contributed by atoms with van der Waals surface area (Å²) in [6.45, 7) is 2.43. The van der Waals surface area contributed by atoms with Crippen LogP contribution in [0.4, 0.5) is 0 Å². The molecule has 0 aliphatic carbocycles. The van der Waals surface area contributed by atoms with E-state index in [-0.39, 0.29) is 36.0 Å². The zero-order chi connectivity index (χ0) is 19.3. The van der Waals surface area contributed by atoms with Crippen molar-refractivity contribution in [2.75, 3.05) is 6.54 Å². The maximum atomic E-state index is 13.1. The van der Waals surface area contributed by atoms with Gasteiger partial charge >= 0.3 is 0 Å². The molecule has 1 amide bonds. The molecule has 0 radical (unpaired) electrons. The number of hydrogen-bond donors (Lipinski definition) is 1. The van der Waals surface area contributed by atoms with Crippen molar-refractivity contribution in [3.8, 4) is 0 Å². The Balaban J connectivity index is 1.89. The third-order valence-corrected chi connectivity index (χ3v) is 5.41. The van der Waals surface area contributed by atoms with E-state index in [0.717, 1.165) is 0 Å². The molecule has 1 N–H and O–H groups in total. The van der Waals surface area contributed by atoms with Crippen LogP contribution in [0.3, 0.4) is 0 Å². The van der Waals surface area contributed by atoms with Gasteiger partial charge in [0.25, 0.3) is 5.91 Å². The number of carbonyl (C=O) groups excluding carboxylic acids is 1. The van der Waals surface area contributed by atoms with Crippen LogP contribution in [0.5, 0.6) is 0 Å². The zero-order valence-electron chi connectivity index (χ0n) is 14.8. The van der Waals surface area contributed by atoms with Crippen molar-refractivity contribution >= 4 is 15.9 Å². The molecule has 0 saturated carbocycles. The molecule has 0 unspecified atom stereocenters. The third kappa shape index (κ3) is 4.66. The molecule has 142 valence electrons. The Hall–Kier alpha value is -2.84. The highest BCUT2D eigenvalue weighted by Crippen LogP contribution is 2.17. The Morgan fingerprint density at radius 1 is 1.00 bits per heavy atom. The lowest BCUT2D eigenvalue weighted by molar-refractivity contribution is 0.0704. The van der Waals surface area contributed by atoms with Gasteiger partial charge in [0, 0.05) is 12.1 Å². The van der Waals surface area contributed by atoms with Gasteiger partial charge in [0.05, 0.1) is 30.5 Å². The monoisotopic (exact) mass is 388 g/mol. The summed E-state index contributed by atoms with van der Waals surface area (Å²) in [4.78, 5) is 14.6. The summed E-state index contributed by atoms with van der Waals surface area (Å²) in [6, 6.07) is 13.0. The van der Waals surface area contributed by atoms with Crippen LogP contribution in [-0.2, 0) is 23.1 Å². The molecule has 1 aromatic carbocycles. The minimum absolute atomic E-state index is 0.0474. The number of amides is 1. The third-order valence-electron chi connectivity index (χ3n) is 3.87. The summed E-state index contributed by atoms with van der Waals surface area (Å²) in [6.07, 6.45) is 3.07. The van der Waals surface area contributed by atoms with E-state index in [1.165, 1.54) is 29.6 Å². The van der Waals surface area contributed by atoms with Gasteiger partial charge in [-0.3, -0.25) is 4.79 Å². The predicted molar refractivity (Wildman–Crippen MR) is 98.3 cm³/mol. The first-order valence-electron chi connectivity index (χ1n) is 8.43. The summed E-state index contributed by atoms with van der Waals surface area (Å²) >= 11 is 0. The van der Waals surface area contributed by atoms with E-state index in [0.29, 0.717) is 11.5 Å². The van der Waals surface area contributed by atoms with Gasteiger partial charge in [0.2, 0.25) is 10.0 Å². The van der Waals surface area contributed by atoms with E-state index in [1.54, 1.807) is 43.3 Å². The molecule has 3 rings (SSSR count). The van der Waals surface area contributed by atoms with Crippen LogP contribution in [0.2, 0.25) is 0 Å². The lowest BCUT2D eigenvalue weighted by atomic mass is 10.2. The van der Waals surface area contributed by atoms with Crippen molar-refractivity contribution in [2.45, 2.75) is 24.9 Å². The normalized spacial score (nSPS) is 11.4. The molecule has 0 bridgehead atoms. The van der Waals surface area contributed by atoms with Crippen LogP contribution >= 0.6 is 0 Å². The summed E-state index contributed by atoms with van der Waals surface area (Å²) < 4.78 is 37.6. The number of furan rings is 2. The van der Waals surface area contributed by atoms with Crippen molar-refractivity contribution in [3.63, 3.8) is 0 Å². The highest BCUT2D eigenvalue weighted by molar-refractivity contribution is 7.89. The number of nitrogens with one attached hydrogen (secondary N) is 1. The highest BCUT2D eigenvalue weighted by Gasteiger charge is 2.21. The van der Waals surface area contributed by atoms with Crippen LogP contribution in [0, 0.1) is 0 Å². The number of rotatable bonds is 8. The molecule has 0 aliphatic rings. The van der Waals surface area contributed by atoms with Crippen LogP contribution in [0.1, 0.15) is 28.8 Å². The average Bonchev–Trinajstić information content (AvgIpc) is 3.35. The van der Waals surface area contributed by atoms with Crippen LogP contribution in [0.25, 0.3) is 0 Å². The number of carbonyl (C=O) groups is 1. The second-order valence-corrected chi connectivity index (χ2v) is 7.62. The predicted octanol–water partition coefficient (Wildman–Crippen LogP) is 3.01. The van der Waals surface area contributed by atoms with Gasteiger partial charge in [0.15, 0.2) is 0 Å². The first-order chi connectivity index (χ1) is 13.0. The van der Waals surface area contributed by atoms with Crippen molar-refractivity contribution in [2.24, 2.45) is 0 Å². The van der Waals surface area contributed by atoms with E-state index in [4.69, 9.17) is 8.83 Å². The maximum absolute atomic E-state index is 13.1. The minimum atomic E-state index is -3.65. The first-order valence-corrected chi connectivity index (χ1v) is 9.91. The summed E-state index contributed by atoms with van der Waals surface area (Å²) in [7, 11) is -3.65. The van der Waals surface area contributed by atoms with Gasteiger partial charge in [-0.25, -0.2) is 13.1 Å². The molecular weight excluding hydrogens is 368 g/mol. The van der Waals surface area contributed by atoms with Gasteiger partial charge in [-0.1, -0.05) is 13.0 Å². The van der Waals surface area contributed by atoms with Crippen LogP contribution in [0.15, 0.2) is 74.8 Å². The Morgan fingerprint density at radius 3 is 2.15 bits per heavy atom. The molecule has 7 nitrogen and oxygen atoms in total. The number of nitrogens with zero attached hydrogens (tertiary/aromatic N) is 1. The molecule has 0 atom stereocenters. The number of benzene rings is 1. The molecule has 2 aromatic heterocycles. The zero-order valence-corrected chi connectivity index (χ0v) is 15.6. The van der Waals surface area contributed by atoms with Gasteiger partial charge in [-0.2, -0.15) is 0 Å². The standard InChI is InChI=1S/C19H20N2O5S/c1-2-20-27(23,24)18-9-3-6-15(12-18)19(22)21(13-16-7-4-10-25-16)14-17-8-5-11-26-17/h3-12,20H,2,13-14H2,1H3. The van der Waals surface area contributed by atoms with E-state index in [9.17, 15) is 13.2 Å². The molecule has 0 spiro atoms. The van der Waals surface area contributed by atoms with E-state index in [1.807, 2.05) is 0 Å². The van der Waals surface area contributed by atoms with E-state index >= 15 is 0 Å². The average molecular weight is 388 g/mol. The number of sulfonamides is 1. The Bertz CT molecular complexity index is 943. The molecule has 0 saturated heterocycles. The Labute approximate surface area is 157 Å². The molecule has 0 aliphatic heterocycles. The van der Waals surface area contributed by atoms with E-state index in [2.05, 4.69) is 4.72 Å². The lowest BCUT2D eigenvalue weighted by Crippen LogP contribution is -2.30. The van der Waals surface area contributed by atoms with Gasteiger partial charge < -0.3 is 13.7 Å². The van der Waals surface area contributed by atoms with Crippen molar-refractivity contribution in [1.29, 1.82) is 0 Å². The van der Waals surface area contributed by atoms with Crippen LogP contribution in [-0.4, -0.2) is 25.8 Å². The van der Waals surface area contributed by atoms with Gasteiger partial charge in [-0.05, 0) is 42.5 Å². The smallest absolute Gasteiger partial charge is 0.254 e. The lowest BCUT2D eigenvalue weighted by Gasteiger charge is -2.21. The Kier molecular flexibility index (Phi) is 5.78. The quantitative estimate of drug-likeness (QED) is 0.640. The van der Waals surface area contributed by atoms with Crippen LogP contribution < -0.4 is 4.72 Å². The van der Waals surface area contributed by atoms with Crippen molar-refractivity contribution in [3.05, 3.63) is 78.1 Å². The topological polar surface area (TPSA) is 92.8 Å². The Morgan fingerprint density at radius 2 is 1.63 bits per heavy atom. The maximum Gasteiger partial charge on any atom is 0.254 e. The summed E-state index contributed by atoms with van der Waals surface area (Å²) in [5.74, 6) is 0.911. The fourth-order valence-electron chi connectivity index (χ4n) is 2.63. The molecule has 27 heavy (non-hydrogen) atoms. The fraction of sp³-hybridized carbons (Fsp3) is 0.211. The number of hydrogen-bond acceptors (Lipinski definition) is 5. The van der Waals surface area contributed by atoms with Gasteiger partial charge in [0.1, 0.15) is 11.5 Å². The fourth-order valence-corrected chi connectivity index (χ4v) is 3.72. The summed E-state index contributed by atoms with van der Waals surface area (Å²) in [5.41, 5.74) is 0.270. The molecule has 3 aromatic rings. The van der Waals surface area contributed by atoms with E-state index < -0.39 is 10.0 Å². The highest BCUT2D eigenvalue weighted by atomic mass is 32.2. The van der Waals surface area contributed by atoms with Crippen molar-refractivity contribution < 1.29 is 22.0 Å². The molecule has 8 heteroatoms. The molecule has 0 fully saturated rings. The largest absolute Gasteiger partial charge is 0.467 e. The van der Waals surface area contributed by atoms with Gasteiger partial charge in [-0.15, -0.1) is 0 Å².